The second-order valence-electron chi connectivity index (χ2n) is 5.46. The largest absolute Gasteiger partial charge is 0.289 e. The average Bonchev–Trinajstić information content (AvgIpc) is 2.63. The zero-order valence-electron chi connectivity index (χ0n) is 13.2. The first-order valence-corrected chi connectivity index (χ1v) is 7.58. The van der Waals surface area contributed by atoms with Crippen molar-refractivity contribution in [2.75, 3.05) is 0 Å². The van der Waals surface area contributed by atoms with Crippen LogP contribution in [0.1, 0.15) is 21.5 Å². The van der Waals surface area contributed by atoms with Gasteiger partial charge < -0.3 is 0 Å². The first-order chi connectivity index (χ1) is 11.7. The van der Waals surface area contributed by atoms with Crippen molar-refractivity contribution < 1.29 is 9.59 Å². The molecule has 3 aromatic carbocycles. The normalized spacial score (nSPS) is 10.0. The molecule has 0 radical (unpaired) electrons. The van der Waals surface area contributed by atoms with Crippen molar-refractivity contribution in [2.24, 2.45) is 4.99 Å². The van der Waals surface area contributed by atoms with Gasteiger partial charge in [-0.2, -0.15) is 4.99 Å². The molecule has 0 spiro atoms. The minimum atomic E-state index is -0.0563. The van der Waals surface area contributed by atoms with E-state index in [4.69, 9.17) is 0 Å². The van der Waals surface area contributed by atoms with Crippen LogP contribution in [0.5, 0.6) is 0 Å². The average molecular weight is 313 g/mol. The van der Waals surface area contributed by atoms with Crippen LogP contribution in [-0.2, 0) is 4.79 Å². The van der Waals surface area contributed by atoms with Gasteiger partial charge in [0.05, 0.1) is 5.69 Å². The van der Waals surface area contributed by atoms with Crippen molar-refractivity contribution >= 4 is 17.6 Å². The predicted molar refractivity (Wildman–Crippen MR) is 94.3 cm³/mol. The summed E-state index contributed by atoms with van der Waals surface area (Å²) in [6.45, 7) is 1.95. The molecule has 0 unspecified atom stereocenters. The van der Waals surface area contributed by atoms with Gasteiger partial charge in [0, 0.05) is 16.7 Å². The highest BCUT2D eigenvalue weighted by molar-refractivity contribution is 6.13. The van der Waals surface area contributed by atoms with Crippen LogP contribution >= 0.6 is 0 Å². The molecule has 3 aromatic rings. The Morgan fingerprint density at radius 1 is 0.875 bits per heavy atom. The van der Waals surface area contributed by atoms with Crippen molar-refractivity contribution in [3.63, 3.8) is 0 Å². The molecule has 0 amide bonds. The summed E-state index contributed by atoms with van der Waals surface area (Å²) in [7, 11) is 0. The maximum absolute atomic E-state index is 13.0. The van der Waals surface area contributed by atoms with E-state index in [1.807, 2.05) is 55.5 Å². The molecule has 0 aliphatic rings. The topological polar surface area (TPSA) is 46.5 Å². The second kappa shape index (κ2) is 6.86. The highest BCUT2D eigenvalue weighted by atomic mass is 16.1. The lowest BCUT2D eigenvalue weighted by Crippen LogP contribution is -2.04. The van der Waals surface area contributed by atoms with Crippen LogP contribution < -0.4 is 0 Å². The Morgan fingerprint density at radius 2 is 1.58 bits per heavy atom. The molecule has 3 rings (SSSR count). The molecule has 0 fully saturated rings. The minimum Gasteiger partial charge on any atom is -0.289 e. The number of hydrogen-bond acceptors (Lipinski definition) is 3. The molecule has 0 aliphatic carbocycles. The van der Waals surface area contributed by atoms with E-state index in [2.05, 4.69) is 4.99 Å². The lowest BCUT2D eigenvalue weighted by Gasteiger charge is -2.12. The number of carbonyl (C=O) groups excluding carboxylic acids is 2. The van der Waals surface area contributed by atoms with E-state index < -0.39 is 0 Å². The zero-order valence-corrected chi connectivity index (χ0v) is 13.2. The molecule has 0 bridgehead atoms. The van der Waals surface area contributed by atoms with Crippen molar-refractivity contribution in [3.05, 3.63) is 89.5 Å². The summed E-state index contributed by atoms with van der Waals surface area (Å²) in [5.41, 5.74) is 4.20. The molecular formula is C21H15NO2. The maximum atomic E-state index is 13.0. The van der Waals surface area contributed by atoms with Gasteiger partial charge in [-0.05, 0) is 24.6 Å². The van der Waals surface area contributed by atoms with Gasteiger partial charge in [0.1, 0.15) is 0 Å². The fourth-order valence-electron chi connectivity index (χ4n) is 2.67. The molecule has 0 aliphatic heterocycles. The Balaban J connectivity index is 2.21. The fraction of sp³-hybridized carbons (Fsp3) is 0.0476. The Bertz CT molecular complexity index is 939. The fourth-order valence-corrected chi connectivity index (χ4v) is 2.67. The smallest absolute Gasteiger partial charge is 0.240 e. The van der Waals surface area contributed by atoms with Gasteiger partial charge in [-0.1, -0.05) is 66.2 Å². The minimum absolute atomic E-state index is 0.0563. The number of aryl methyl sites for hydroxylation is 1. The Kier molecular flexibility index (Phi) is 4.46. The number of isocyanates is 1. The van der Waals surface area contributed by atoms with Gasteiger partial charge in [0.25, 0.3) is 0 Å². The van der Waals surface area contributed by atoms with E-state index in [0.717, 1.165) is 16.7 Å². The molecule has 0 aromatic heterocycles. The summed E-state index contributed by atoms with van der Waals surface area (Å²) in [5.74, 6) is -0.0563. The van der Waals surface area contributed by atoms with Crippen molar-refractivity contribution in [2.45, 2.75) is 6.92 Å². The van der Waals surface area contributed by atoms with Crippen LogP contribution in [0.4, 0.5) is 5.69 Å². The first kappa shape index (κ1) is 15.6. The van der Waals surface area contributed by atoms with Crippen LogP contribution in [0.3, 0.4) is 0 Å². The predicted octanol–water partition coefficient (Wildman–Crippen LogP) is 4.86. The molecule has 24 heavy (non-hydrogen) atoms. The molecule has 3 heteroatoms. The zero-order chi connectivity index (χ0) is 16.9. The van der Waals surface area contributed by atoms with Crippen molar-refractivity contribution in [1.29, 1.82) is 0 Å². The summed E-state index contributed by atoms with van der Waals surface area (Å²) in [5, 5.41) is 0. The maximum Gasteiger partial charge on any atom is 0.240 e. The quantitative estimate of drug-likeness (QED) is 0.392. The van der Waals surface area contributed by atoms with Crippen molar-refractivity contribution in [3.8, 4) is 11.1 Å². The lowest BCUT2D eigenvalue weighted by molar-refractivity contribution is 0.103. The first-order valence-electron chi connectivity index (χ1n) is 7.58. The molecule has 0 atom stereocenters. The Morgan fingerprint density at radius 3 is 2.33 bits per heavy atom. The standard InChI is InChI=1S/C21H15NO2/c1-15-11-12-17(18-9-5-6-10-20(18)22-14-23)19(13-15)21(24)16-7-3-2-4-8-16/h2-13H,1H3. The van der Waals surface area contributed by atoms with Crippen LogP contribution in [0.2, 0.25) is 0 Å². The van der Waals surface area contributed by atoms with Crippen LogP contribution in [-0.4, -0.2) is 11.9 Å². The van der Waals surface area contributed by atoms with Gasteiger partial charge >= 0.3 is 0 Å². The number of para-hydroxylation sites is 1. The monoisotopic (exact) mass is 313 g/mol. The number of rotatable bonds is 4. The van der Waals surface area contributed by atoms with Gasteiger partial charge in [-0.25, -0.2) is 4.79 Å². The molecule has 0 N–H and O–H groups in total. The highest BCUT2D eigenvalue weighted by Crippen LogP contribution is 2.33. The lowest BCUT2D eigenvalue weighted by atomic mass is 9.92. The summed E-state index contributed by atoms with van der Waals surface area (Å²) in [6.07, 6.45) is 1.58. The Labute approximate surface area is 140 Å². The van der Waals surface area contributed by atoms with Crippen LogP contribution in [0, 0.1) is 6.92 Å². The number of nitrogens with zero attached hydrogens (tertiary/aromatic N) is 1. The number of aliphatic imine (C=N–C) groups is 1. The molecule has 0 heterocycles. The number of hydrogen-bond donors (Lipinski definition) is 0. The number of carbonyl (C=O) groups is 1. The highest BCUT2D eigenvalue weighted by Gasteiger charge is 2.16. The van der Waals surface area contributed by atoms with Crippen molar-refractivity contribution in [1.82, 2.24) is 0 Å². The molecule has 0 saturated heterocycles. The second-order valence-corrected chi connectivity index (χ2v) is 5.46. The molecule has 0 saturated carbocycles. The van der Waals surface area contributed by atoms with Gasteiger partial charge in [0.15, 0.2) is 5.78 Å². The third kappa shape index (κ3) is 3.07. The number of ketones is 1. The van der Waals surface area contributed by atoms with Crippen LogP contribution in [0.15, 0.2) is 77.8 Å². The SMILES string of the molecule is Cc1ccc(-c2ccccc2N=C=O)c(C(=O)c2ccccc2)c1. The Hall–Kier alpha value is -3.29. The summed E-state index contributed by atoms with van der Waals surface area (Å²) < 4.78 is 0. The van der Waals surface area contributed by atoms with E-state index in [1.54, 1.807) is 30.3 Å². The van der Waals surface area contributed by atoms with E-state index in [-0.39, 0.29) is 5.78 Å². The van der Waals surface area contributed by atoms with Gasteiger partial charge in [-0.3, -0.25) is 4.79 Å². The van der Waals surface area contributed by atoms with E-state index in [0.29, 0.717) is 16.8 Å². The van der Waals surface area contributed by atoms with E-state index in [1.165, 1.54) is 0 Å². The van der Waals surface area contributed by atoms with E-state index >= 15 is 0 Å². The molecule has 3 nitrogen and oxygen atoms in total. The third-order valence-corrected chi connectivity index (χ3v) is 3.82. The summed E-state index contributed by atoms with van der Waals surface area (Å²) in [6, 6.07) is 22.1. The summed E-state index contributed by atoms with van der Waals surface area (Å²) in [4.78, 5) is 27.4. The van der Waals surface area contributed by atoms with Crippen LogP contribution in [0.25, 0.3) is 11.1 Å². The van der Waals surface area contributed by atoms with Gasteiger partial charge in [0.2, 0.25) is 6.08 Å². The third-order valence-electron chi connectivity index (χ3n) is 3.82. The number of benzene rings is 3. The van der Waals surface area contributed by atoms with Gasteiger partial charge in [-0.15, -0.1) is 0 Å². The molecule has 116 valence electrons. The summed E-state index contributed by atoms with van der Waals surface area (Å²) >= 11 is 0. The molecular weight excluding hydrogens is 298 g/mol. The van der Waals surface area contributed by atoms with E-state index in [9.17, 15) is 9.59 Å².